The summed E-state index contributed by atoms with van der Waals surface area (Å²) in [6.45, 7) is 3.80. The molecule has 176 valence electrons. The Labute approximate surface area is 200 Å². The Kier molecular flexibility index (Phi) is 8.19. The van der Waals surface area contributed by atoms with E-state index in [1.807, 2.05) is 13.8 Å². The van der Waals surface area contributed by atoms with Crippen molar-refractivity contribution >= 4 is 24.4 Å². The van der Waals surface area contributed by atoms with Gasteiger partial charge in [0.2, 0.25) is 5.78 Å². The van der Waals surface area contributed by atoms with Crippen LogP contribution in [-0.4, -0.2) is 32.6 Å². The lowest BCUT2D eigenvalue weighted by molar-refractivity contribution is 0.103. The van der Waals surface area contributed by atoms with E-state index in [2.05, 4.69) is 0 Å². The molecule has 0 amide bonds. The van der Waals surface area contributed by atoms with E-state index >= 15 is 0 Å². The number of rotatable bonds is 10. The van der Waals surface area contributed by atoms with Crippen LogP contribution in [0.3, 0.4) is 0 Å². The summed E-state index contributed by atoms with van der Waals surface area (Å²) in [5, 5.41) is 0.460. The predicted octanol–water partition coefficient (Wildman–Crippen LogP) is 5.36. The highest BCUT2D eigenvalue weighted by Gasteiger charge is 2.37. The molecular formula is C27H28O6P+. The maximum atomic E-state index is 13.8. The zero-order chi connectivity index (χ0) is 24.8. The molecule has 0 aliphatic carbocycles. The van der Waals surface area contributed by atoms with E-state index in [1.54, 1.807) is 54.6 Å². The van der Waals surface area contributed by atoms with Gasteiger partial charge in [-0.25, -0.2) is 4.79 Å². The zero-order valence-corrected chi connectivity index (χ0v) is 20.9. The molecule has 0 saturated carbocycles. The van der Waals surface area contributed by atoms with Gasteiger partial charge in [-0.3, -0.25) is 4.79 Å². The molecule has 0 heterocycles. The van der Waals surface area contributed by atoms with Gasteiger partial charge < -0.3 is 14.2 Å². The Balaban J connectivity index is 2.21. The van der Waals surface area contributed by atoms with Gasteiger partial charge in [-0.1, -0.05) is 48.7 Å². The van der Waals surface area contributed by atoms with Crippen molar-refractivity contribution in [2.24, 2.45) is 0 Å². The van der Waals surface area contributed by atoms with E-state index < -0.39 is 13.3 Å². The minimum absolute atomic E-state index is 0.232. The summed E-state index contributed by atoms with van der Waals surface area (Å²) >= 11 is 0. The highest BCUT2D eigenvalue weighted by molar-refractivity contribution is 7.71. The maximum Gasteiger partial charge on any atom is 0.458 e. The summed E-state index contributed by atoms with van der Waals surface area (Å²) in [5.74, 6) is 0.731. The van der Waals surface area contributed by atoms with Crippen LogP contribution in [0.15, 0.2) is 54.6 Å². The highest BCUT2D eigenvalue weighted by atomic mass is 31.1. The van der Waals surface area contributed by atoms with Gasteiger partial charge in [0.05, 0.1) is 26.9 Å². The first-order valence-electron chi connectivity index (χ1n) is 11.0. The molecular weight excluding hydrogens is 451 g/mol. The SMILES string of the molecule is CCc1ccc(C(=O)c2c(OC)cc(OC)cc2OC)c(CC)c1C(=O)[P+](=O)c1ccccc1. The first kappa shape index (κ1) is 25.1. The lowest BCUT2D eigenvalue weighted by Crippen LogP contribution is -2.15. The lowest BCUT2D eigenvalue weighted by Gasteiger charge is -2.17. The topological polar surface area (TPSA) is 78.9 Å². The molecule has 3 aromatic rings. The van der Waals surface area contributed by atoms with Crippen LogP contribution in [-0.2, 0) is 17.4 Å². The minimum Gasteiger partial charge on any atom is -0.496 e. The van der Waals surface area contributed by atoms with Crippen LogP contribution in [0.25, 0.3) is 0 Å². The molecule has 0 aliphatic rings. The van der Waals surface area contributed by atoms with Crippen molar-refractivity contribution < 1.29 is 28.4 Å². The van der Waals surface area contributed by atoms with Crippen molar-refractivity contribution in [3.63, 3.8) is 0 Å². The van der Waals surface area contributed by atoms with Crippen molar-refractivity contribution in [2.75, 3.05) is 21.3 Å². The van der Waals surface area contributed by atoms with Crippen LogP contribution < -0.4 is 19.5 Å². The molecule has 0 aromatic heterocycles. The Morgan fingerprint density at radius 3 is 1.91 bits per heavy atom. The summed E-state index contributed by atoms with van der Waals surface area (Å²) < 4.78 is 29.4. The van der Waals surface area contributed by atoms with Gasteiger partial charge in [-0.2, -0.15) is 0 Å². The Morgan fingerprint density at radius 1 is 0.794 bits per heavy atom. The molecule has 0 fully saturated rings. The molecule has 1 atom stereocenters. The fourth-order valence-corrected chi connectivity index (χ4v) is 5.14. The normalized spacial score (nSPS) is 11.0. The minimum atomic E-state index is -2.33. The smallest absolute Gasteiger partial charge is 0.458 e. The van der Waals surface area contributed by atoms with Crippen LogP contribution in [0.4, 0.5) is 0 Å². The van der Waals surface area contributed by atoms with Gasteiger partial charge in [0, 0.05) is 17.7 Å². The zero-order valence-electron chi connectivity index (χ0n) is 20.0. The van der Waals surface area contributed by atoms with Crippen molar-refractivity contribution in [1.82, 2.24) is 0 Å². The molecule has 0 radical (unpaired) electrons. The van der Waals surface area contributed by atoms with Gasteiger partial charge >= 0.3 is 13.3 Å². The molecule has 0 aliphatic heterocycles. The number of aryl methyl sites for hydroxylation is 1. The third-order valence-corrected chi connectivity index (χ3v) is 7.07. The number of methoxy groups -OCH3 is 3. The summed E-state index contributed by atoms with van der Waals surface area (Å²) in [6, 6.07) is 15.4. The molecule has 7 heteroatoms. The van der Waals surface area contributed by atoms with E-state index in [9.17, 15) is 14.2 Å². The molecule has 1 unspecified atom stereocenters. The monoisotopic (exact) mass is 479 g/mol. The van der Waals surface area contributed by atoms with Gasteiger partial charge in [-0.05, 0) is 36.1 Å². The second-order valence-corrected chi connectivity index (χ2v) is 9.02. The number of hydrogen-bond acceptors (Lipinski definition) is 6. The van der Waals surface area contributed by atoms with Gasteiger partial charge in [-0.15, -0.1) is 0 Å². The highest BCUT2D eigenvalue weighted by Crippen LogP contribution is 2.38. The fourth-order valence-electron chi connectivity index (χ4n) is 3.98. The fraction of sp³-hybridized carbons (Fsp3) is 0.259. The van der Waals surface area contributed by atoms with Gasteiger partial charge in [0.25, 0.3) is 0 Å². The summed E-state index contributed by atoms with van der Waals surface area (Å²) in [5.41, 5.74) is 1.78. The number of hydrogen-bond donors (Lipinski definition) is 0. The van der Waals surface area contributed by atoms with Crippen molar-refractivity contribution in [3.05, 3.63) is 82.4 Å². The number of ether oxygens (including phenoxy) is 3. The van der Waals surface area contributed by atoms with E-state index in [4.69, 9.17) is 14.2 Å². The average molecular weight is 479 g/mol. The Morgan fingerprint density at radius 2 is 1.41 bits per heavy atom. The molecule has 3 aromatic carbocycles. The second-order valence-electron chi connectivity index (χ2n) is 7.50. The molecule has 34 heavy (non-hydrogen) atoms. The van der Waals surface area contributed by atoms with E-state index in [0.717, 1.165) is 5.56 Å². The van der Waals surface area contributed by atoms with Crippen LogP contribution in [0.1, 0.15) is 51.3 Å². The van der Waals surface area contributed by atoms with Crippen LogP contribution in [0, 0.1) is 0 Å². The van der Waals surface area contributed by atoms with Gasteiger partial charge in [0.1, 0.15) is 22.8 Å². The molecule has 0 saturated heterocycles. The summed E-state index contributed by atoms with van der Waals surface area (Å²) in [6.07, 6.45) is 0.977. The van der Waals surface area contributed by atoms with E-state index in [1.165, 1.54) is 21.3 Å². The van der Waals surface area contributed by atoms with Gasteiger partial charge in [0.15, 0.2) is 5.30 Å². The third kappa shape index (κ3) is 4.73. The van der Waals surface area contributed by atoms with Crippen molar-refractivity contribution in [1.29, 1.82) is 0 Å². The molecule has 0 bridgehead atoms. The third-order valence-electron chi connectivity index (χ3n) is 5.71. The number of carbonyl (C=O) groups excluding carboxylic acids is 2. The first-order chi connectivity index (χ1) is 16.4. The molecule has 6 nitrogen and oxygen atoms in total. The van der Waals surface area contributed by atoms with E-state index in [-0.39, 0.29) is 11.3 Å². The quantitative estimate of drug-likeness (QED) is 0.288. The first-order valence-corrected chi connectivity index (χ1v) is 12.2. The van der Waals surface area contributed by atoms with Crippen LogP contribution in [0.2, 0.25) is 0 Å². The van der Waals surface area contributed by atoms with Crippen LogP contribution in [0.5, 0.6) is 17.2 Å². The van der Waals surface area contributed by atoms with Crippen LogP contribution >= 0.6 is 7.80 Å². The lowest BCUT2D eigenvalue weighted by atomic mass is 9.89. The largest absolute Gasteiger partial charge is 0.496 e. The molecule has 3 rings (SSSR count). The Bertz CT molecular complexity index is 1210. The Hall–Kier alpha value is -3.50. The standard InChI is InChI=1S/C27H28O6P/c1-6-17-13-14-21(26(28)25-22(32-4)15-18(31-3)16-23(25)33-5)20(7-2)24(17)27(29)34(30)19-11-9-8-10-12-19/h8-16H,6-7H2,1-5H3/q+1. The second kappa shape index (κ2) is 11.1. The molecule has 0 spiro atoms. The summed E-state index contributed by atoms with van der Waals surface area (Å²) in [4.78, 5) is 27.3. The van der Waals surface area contributed by atoms with E-state index in [0.29, 0.717) is 52.1 Å². The number of carbonyl (C=O) groups is 2. The van der Waals surface area contributed by atoms with Crippen molar-refractivity contribution in [3.8, 4) is 17.2 Å². The average Bonchev–Trinajstić information content (AvgIpc) is 2.90. The number of benzene rings is 3. The predicted molar refractivity (Wildman–Crippen MR) is 133 cm³/mol. The number of ketones is 1. The maximum absolute atomic E-state index is 13.8. The molecule has 0 N–H and O–H groups in total. The summed E-state index contributed by atoms with van der Waals surface area (Å²) in [7, 11) is 2.11. The van der Waals surface area contributed by atoms with Crippen molar-refractivity contribution in [2.45, 2.75) is 26.7 Å².